The summed E-state index contributed by atoms with van der Waals surface area (Å²) >= 11 is 0. The number of rotatable bonds is 5. The van der Waals surface area contributed by atoms with E-state index >= 15 is 0 Å². The first kappa shape index (κ1) is 17.9. The molecule has 7 heteroatoms. The van der Waals surface area contributed by atoms with Gasteiger partial charge in [-0.25, -0.2) is 4.79 Å². The monoisotopic (exact) mass is 381 g/mol. The molecule has 0 saturated carbocycles. The number of esters is 1. The Labute approximate surface area is 161 Å². The van der Waals surface area contributed by atoms with Gasteiger partial charge in [-0.3, -0.25) is 0 Å². The molecule has 0 N–H and O–H groups in total. The van der Waals surface area contributed by atoms with Crippen LogP contribution in [0.5, 0.6) is 17.2 Å². The van der Waals surface area contributed by atoms with E-state index in [1.54, 1.807) is 32.2 Å². The molecule has 1 aliphatic rings. The van der Waals surface area contributed by atoms with Crippen molar-refractivity contribution in [3.05, 3.63) is 60.3 Å². The average molecular weight is 381 g/mol. The second-order valence-electron chi connectivity index (χ2n) is 6.33. The second kappa shape index (κ2) is 7.64. The fourth-order valence-corrected chi connectivity index (χ4v) is 2.88. The molecular formula is C21H19NO6. The van der Waals surface area contributed by atoms with E-state index in [0.29, 0.717) is 23.0 Å². The molecule has 0 radical (unpaired) electrons. The van der Waals surface area contributed by atoms with E-state index in [9.17, 15) is 4.79 Å². The molecule has 0 aliphatic carbocycles. The number of methoxy groups -OCH3 is 1. The minimum absolute atomic E-state index is 0.0211. The highest BCUT2D eigenvalue weighted by Gasteiger charge is 2.35. The first-order valence-electron chi connectivity index (χ1n) is 8.83. The number of aromatic nitrogens is 1. The quantitative estimate of drug-likeness (QED) is 0.625. The Kier molecular flexibility index (Phi) is 4.89. The number of benzene rings is 2. The summed E-state index contributed by atoms with van der Waals surface area (Å²) in [6.07, 6.45) is -1.31. The van der Waals surface area contributed by atoms with Gasteiger partial charge in [0.2, 0.25) is 6.10 Å². The fourth-order valence-electron chi connectivity index (χ4n) is 2.88. The molecule has 28 heavy (non-hydrogen) atoms. The van der Waals surface area contributed by atoms with Crippen molar-refractivity contribution in [2.45, 2.75) is 25.7 Å². The van der Waals surface area contributed by atoms with Gasteiger partial charge in [0.1, 0.15) is 24.2 Å². The lowest BCUT2D eigenvalue weighted by Crippen LogP contribution is -2.44. The molecular weight excluding hydrogens is 362 g/mol. The number of fused-ring (bicyclic) bond motifs is 1. The number of ether oxygens (including phenoxy) is 4. The highest BCUT2D eigenvalue weighted by Crippen LogP contribution is 2.33. The highest BCUT2D eigenvalue weighted by molar-refractivity contribution is 5.76. The lowest BCUT2D eigenvalue weighted by atomic mass is 10.1. The van der Waals surface area contributed by atoms with Gasteiger partial charge in [0.05, 0.1) is 7.11 Å². The van der Waals surface area contributed by atoms with Crippen LogP contribution in [-0.2, 0) is 16.1 Å². The first-order valence-corrected chi connectivity index (χ1v) is 8.83. The van der Waals surface area contributed by atoms with E-state index < -0.39 is 18.2 Å². The standard InChI is InChI=1S/C21H19NO6/c1-13-20(27-18-6-4-3-5-17(18)26-13)21(23)25-12-15-11-19(28-22-15)14-7-9-16(24-2)10-8-14/h3-11,13,20H,12H2,1-2H3. The van der Waals surface area contributed by atoms with Crippen molar-refractivity contribution in [3.8, 4) is 28.6 Å². The van der Waals surface area contributed by atoms with Crippen LogP contribution in [0, 0.1) is 0 Å². The normalized spacial score (nSPS) is 17.8. The van der Waals surface area contributed by atoms with Crippen LogP contribution < -0.4 is 14.2 Å². The van der Waals surface area contributed by atoms with Crippen LogP contribution in [0.15, 0.2) is 59.1 Å². The zero-order valence-electron chi connectivity index (χ0n) is 15.5. The van der Waals surface area contributed by atoms with Crippen LogP contribution >= 0.6 is 0 Å². The molecule has 2 aromatic carbocycles. The van der Waals surface area contributed by atoms with E-state index in [1.807, 2.05) is 36.4 Å². The third-order valence-corrected chi connectivity index (χ3v) is 4.37. The molecule has 2 atom stereocenters. The Morgan fingerprint density at radius 1 is 1.07 bits per heavy atom. The van der Waals surface area contributed by atoms with Crippen molar-refractivity contribution < 1.29 is 28.3 Å². The molecule has 144 valence electrons. The SMILES string of the molecule is COc1ccc(-c2cc(COC(=O)C3Oc4ccccc4OC3C)no2)cc1. The summed E-state index contributed by atoms with van der Waals surface area (Å²) in [7, 11) is 1.61. The van der Waals surface area contributed by atoms with Crippen molar-refractivity contribution in [3.63, 3.8) is 0 Å². The Bertz CT molecular complexity index is 965. The summed E-state index contributed by atoms with van der Waals surface area (Å²) in [5.74, 6) is 1.94. The molecule has 0 bridgehead atoms. The van der Waals surface area contributed by atoms with Crippen molar-refractivity contribution in [1.29, 1.82) is 0 Å². The molecule has 3 aromatic rings. The average Bonchev–Trinajstić information content (AvgIpc) is 3.20. The number of nitrogens with zero attached hydrogens (tertiary/aromatic N) is 1. The summed E-state index contributed by atoms with van der Waals surface area (Å²) in [6, 6.07) is 16.3. The molecule has 0 saturated heterocycles. The summed E-state index contributed by atoms with van der Waals surface area (Å²) < 4.78 is 27.3. The zero-order valence-corrected chi connectivity index (χ0v) is 15.5. The van der Waals surface area contributed by atoms with Gasteiger partial charge in [-0.2, -0.15) is 0 Å². The smallest absolute Gasteiger partial charge is 0.351 e. The van der Waals surface area contributed by atoms with Crippen molar-refractivity contribution >= 4 is 5.97 Å². The van der Waals surface area contributed by atoms with Gasteiger partial charge in [-0.05, 0) is 43.3 Å². The van der Waals surface area contributed by atoms with E-state index in [2.05, 4.69) is 5.16 Å². The molecule has 0 spiro atoms. The predicted molar refractivity (Wildman–Crippen MR) is 99.2 cm³/mol. The predicted octanol–water partition coefficient (Wildman–Crippen LogP) is 3.62. The van der Waals surface area contributed by atoms with Crippen molar-refractivity contribution in [2.24, 2.45) is 0 Å². The molecule has 0 fully saturated rings. The van der Waals surface area contributed by atoms with Gasteiger partial charge in [0.15, 0.2) is 17.3 Å². The van der Waals surface area contributed by atoms with E-state index in [0.717, 1.165) is 11.3 Å². The van der Waals surface area contributed by atoms with Gasteiger partial charge in [0.25, 0.3) is 0 Å². The van der Waals surface area contributed by atoms with Crippen LogP contribution in [0.3, 0.4) is 0 Å². The largest absolute Gasteiger partial charge is 0.497 e. The van der Waals surface area contributed by atoms with Crippen LogP contribution in [-0.4, -0.2) is 30.4 Å². The summed E-state index contributed by atoms with van der Waals surface area (Å²) in [4.78, 5) is 12.4. The van der Waals surface area contributed by atoms with Crippen LogP contribution in [0.4, 0.5) is 0 Å². The molecule has 4 rings (SSSR count). The van der Waals surface area contributed by atoms with E-state index in [-0.39, 0.29) is 6.61 Å². The van der Waals surface area contributed by atoms with Crippen molar-refractivity contribution in [2.75, 3.05) is 7.11 Å². The summed E-state index contributed by atoms with van der Waals surface area (Å²) in [6.45, 7) is 1.74. The molecule has 2 unspecified atom stereocenters. The molecule has 1 aliphatic heterocycles. The number of hydrogen-bond acceptors (Lipinski definition) is 7. The molecule has 1 aromatic heterocycles. The summed E-state index contributed by atoms with van der Waals surface area (Å²) in [5, 5.41) is 3.95. The molecule has 2 heterocycles. The third-order valence-electron chi connectivity index (χ3n) is 4.37. The third kappa shape index (κ3) is 3.64. The van der Waals surface area contributed by atoms with Gasteiger partial charge in [0, 0.05) is 11.6 Å². The lowest BCUT2D eigenvalue weighted by molar-refractivity contribution is -0.159. The lowest BCUT2D eigenvalue weighted by Gasteiger charge is -2.30. The zero-order chi connectivity index (χ0) is 19.5. The maximum Gasteiger partial charge on any atom is 0.351 e. The number of hydrogen-bond donors (Lipinski definition) is 0. The van der Waals surface area contributed by atoms with Crippen LogP contribution in [0.25, 0.3) is 11.3 Å². The Balaban J connectivity index is 1.38. The number of para-hydroxylation sites is 2. The second-order valence-corrected chi connectivity index (χ2v) is 6.33. The van der Waals surface area contributed by atoms with Gasteiger partial charge in [-0.1, -0.05) is 17.3 Å². The number of carbonyl (C=O) groups excluding carboxylic acids is 1. The van der Waals surface area contributed by atoms with Crippen LogP contribution in [0.1, 0.15) is 12.6 Å². The minimum atomic E-state index is -0.845. The van der Waals surface area contributed by atoms with Gasteiger partial charge in [-0.15, -0.1) is 0 Å². The highest BCUT2D eigenvalue weighted by atomic mass is 16.6. The van der Waals surface area contributed by atoms with E-state index in [4.69, 9.17) is 23.5 Å². The van der Waals surface area contributed by atoms with Gasteiger partial charge >= 0.3 is 5.97 Å². The maximum absolute atomic E-state index is 12.4. The maximum atomic E-state index is 12.4. The summed E-state index contributed by atoms with van der Waals surface area (Å²) in [5.41, 5.74) is 1.35. The molecule has 0 amide bonds. The Hall–Kier alpha value is -3.48. The van der Waals surface area contributed by atoms with Crippen molar-refractivity contribution in [1.82, 2.24) is 5.16 Å². The van der Waals surface area contributed by atoms with E-state index in [1.165, 1.54) is 0 Å². The minimum Gasteiger partial charge on any atom is -0.497 e. The Morgan fingerprint density at radius 2 is 1.79 bits per heavy atom. The number of carbonyl (C=O) groups is 1. The first-order chi connectivity index (χ1) is 13.6. The Morgan fingerprint density at radius 3 is 2.50 bits per heavy atom. The van der Waals surface area contributed by atoms with Gasteiger partial charge < -0.3 is 23.5 Å². The molecule has 7 nitrogen and oxygen atoms in total. The topological polar surface area (TPSA) is 80.0 Å². The fraction of sp³-hybridized carbons (Fsp3) is 0.238. The van der Waals surface area contributed by atoms with Crippen LogP contribution in [0.2, 0.25) is 0 Å².